The summed E-state index contributed by atoms with van der Waals surface area (Å²) in [5.41, 5.74) is 1.73. The van der Waals surface area contributed by atoms with Crippen molar-refractivity contribution in [3.63, 3.8) is 0 Å². The number of aromatic nitrogens is 2. The number of amides is 2. The maximum atomic E-state index is 13.0. The average molecular weight is 451 g/mol. The van der Waals surface area contributed by atoms with Gasteiger partial charge in [-0.15, -0.1) is 0 Å². The van der Waals surface area contributed by atoms with Crippen LogP contribution in [-0.4, -0.2) is 40.0 Å². The molecule has 2 heterocycles. The van der Waals surface area contributed by atoms with E-state index < -0.39 is 16.7 Å². The molecule has 0 atom stereocenters. The van der Waals surface area contributed by atoms with Crippen molar-refractivity contribution >= 4 is 28.9 Å². The van der Waals surface area contributed by atoms with Crippen LogP contribution in [0.3, 0.4) is 0 Å². The van der Waals surface area contributed by atoms with Crippen molar-refractivity contribution in [1.82, 2.24) is 10.1 Å². The van der Waals surface area contributed by atoms with Gasteiger partial charge in [0, 0.05) is 18.1 Å². The molecule has 11 nitrogen and oxygen atoms in total. The number of nitro groups is 1. The summed E-state index contributed by atoms with van der Waals surface area (Å²) in [5, 5.41) is 17.9. The summed E-state index contributed by atoms with van der Waals surface area (Å²) in [7, 11) is 0. The zero-order valence-corrected chi connectivity index (χ0v) is 18.2. The summed E-state index contributed by atoms with van der Waals surface area (Å²) in [6, 6.07) is 9.27. The first kappa shape index (κ1) is 21.9. The molecule has 0 fully saturated rings. The van der Waals surface area contributed by atoms with Gasteiger partial charge in [-0.05, 0) is 24.6 Å². The van der Waals surface area contributed by atoms with Crippen molar-refractivity contribution in [2.45, 2.75) is 26.7 Å². The lowest BCUT2D eigenvalue weighted by Crippen LogP contribution is -2.43. The number of ether oxygens (including phenoxy) is 1. The fourth-order valence-electron chi connectivity index (χ4n) is 3.39. The molecule has 0 aliphatic carbocycles. The molecule has 11 heteroatoms. The predicted octanol–water partition coefficient (Wildman–Crippen LogP) is 3.44. The number of nitrogens with one attached hydrogen (secondary N) is 1. The first-order valence-corrected chi connectivity index (χ1v) is 10.2. The van der Waals surface area contributed by atoms with E-state index in [4.69, 9.17) is 9.26 Å². The lowest BCUT2D eigenvalue weighted by atomic mass is 10.1. The minimum atomic E-state index is -0.576. The lowest BCUT2D eigenvalue weighted by Gasteiger charge is -2.28. The monoisotopic (exact) mass is 451 g/mol. The summed E-state index contributed by atoms with van der Waals surface area (Å²) in [6.45, 7) is 5.07. The number of carbonyl (C=O) groups excluding carboxylic acids is 2. The van der Waals surface area contributed by atoms with Gasteiger partial charge in [0.05, 0.1) is 21.9 Å². The second kappa shape index (κ2) is 8.69. The van der Waals surface area contributed by atoms with E-state index in [-0.39, 0.29) is 42.1 Å². The maximum Gasteiger partial charge on any atom is 0.271 e. The van der Waals surface area contributed by atoms with Gasteiger partial charge >= 0.3 is 0 Å². The highest BCUT2D eigenvalue weighted by Gasteiger charge is 2.29. The fourth-order valence-corrected chi connectivity index (χ4v) is 3.39. The van der Waals surface area contributed by atoms with Crippen LogP contribution in [-0.2, 0) is 9.59 Å². The van der Waals surface area contributed by atoms with Crippen LogP contribution in [0.5, 0.6) is 5.75 Å². The van der Waals surface area contributed by atoms with Gasteiger partial charge in [-0.2, -0.15) is 4.98 Å². The van der Waals surface area contributed by atoms with Gasteiger partial charge in [0.2, 0.25) is 5.91 Å². The summed E-state index contributed by atoms with van der Waals surface area (Å²) in [4.78, 5) is 41.6. The summed E-state index contributed by atoms with van der Waals surface area (Å²) < 4.78 is 10.7. The molecule has 0 saturated heterocycles. The maximum absolute atomic E-state index is 13.0. The standard InChI is InChI=1S/C22H21N5O6/c1-12(2)21-24-22(33-25-21)15-6-4-5-13(3)20(15)23-18(28)10-26-16-9-14(27(30)31)7-8-17(16)32-11-19(26)29/h4-9,12H,10-11H2,1-3H3,(H,23,28). The quantitative estimate of drug-likeness (QED) is 0.444. The van der Waals surface area contributed by atoms with Crippen molar-refractivity contribution in [3.05, 3.63) is 57.9 Å². The van der Waals surface area contributed by atoms with Crippen LogP contribution in [0.2, 0.25) is 0 Å². The molecular formula is C22H21N5O6. The second-order valence-corrected chi connectivity index (χ2v) is 7.84. The molecule has 1 aliphatic heterocycles. The Balaban J connectivity index is 1.61. The van der Waals surface area contributed by atoms with Gasteiger partial charge in [0.25, 0.3) is 17.5 Å². The van der Waals surface area contributed by atoms with E-state index in [0.717, 1.165) is 5.56 Å². The van der Waals surface area contributed by atoms with E-state index in [1.807, 2.05) is 26.8 Å². The summed E-state index contributed by atoms with van der Waals surface area (Å²) in [6.07, 6.45) is 0. The largest absolute Gasteiger partial charge is 0.482 e. The molecule has 4 rings (SSSR count). The average Bonchev–Trinajstić information content (AvgIpc) is 3.27. The van der Waals surface area contributed by atoms with Crippen molar-refractivity contribution in [3.8, 4) is 17.2 Å². The molecule has 1 aromatic heterocycles. The number of hydrogen-bond donors (Lipinski definition) is 1. The summed E-state index contributed by atoms with van der Waals surface area (Å²) >= 11 is 0. The highest BCUT2D eigenvalue weighted by molar-refractivity contribution is 6.06. The van der Waals surface area contributed by atoms with Crippen LogP contribution >= 0.6 is 0 Å². The number of nitro benzene ring substituents is 1. The zero-order valence-electron chi connectivity index (χ0n) is 18.2. The smallest absolute Gasteiger partial charge is 0.271 e. The molecule has 3 aromatic rings. The molecule has 33 heavy (non-hydrogen) atoms. The SMILES string of the molecule is Cc1cccc(-c2nc(C(C)C)no2)c1NC(=O)CN1C(=O)COc2ccc([N+](=O)[O-])cc21. The van der Waals surface area contributed by atoms with Crippen LogP contribution in [0.4, 0.5) is 17.1 Å². The molecule has 1 N–H and O–H groups in total. The molecule has 1 aliphatic rings. The number of rotatable bonds is 6. The highest BCUT2D eigenvalue weighted by Crippen LogP contribution is 2.35. The van der Waals surface area contributed by atoms with Crippen LogP contribution in [0.25, 0.3) is 11.5 Å². The highest BCUT2D eigenvalue weighted by atomic mass is 16.6. The number of benzene rings is 2. The Labute approximate surface area is 188 Å². The van der Waals surface area contributed by atoms with Gasteiger partial charge < -0.3 is 14.6 Å². The number of aryl methyl sites for hydroxylation is 1. The third kappa shape index (κ3) is 4.38. The first-order valence-electron chi connectivity index (χ1n) is 10.2. The molecule has 0 radical (unpaired) electrons. The molecule has 0 bridgehead atoms. The van der Waals surface area contributed by atoms with Crippen molar-refractivity contribution in [1.29, 1.82) is 0 Å². The number of nitrogens with zero attached hydrogens (tertiary/aromatic N) is 4. The van der Waals surface area contributed by atoms with E-state index in [2.05, 4.69) is 15.5 Å². The normalized spacial score (nSPS) is 13.0. The number of anilines is 2. The van der Waals surface area contributed by atoms with Crippen LogP contribution in [0.1, 0.15) is 31.2 Å². The topological polar surface area (TPSA) is 141 Å². The number of hydrogen-bond acceptors (Lipinski definition) is 8. The van der Waals surface area contributed by atoms with Gasteiger partial charge in [-0.25, -0.2) is 0 Å². The van der Waals surface area contributed by atoms with Crippen LogP contribution in [0.15, 0.2) is 40.9 Å². The van der Waals surface area contributed by atoms with Crippen molar-refractivity contribution < 1.29 is 23.8 Å². The van der Waals surface area contributed by atoms with Crippen molar-refractivity contribution in [2.24, 2.45) is 0 Å². The van der Waals surface area contributed by atoms with Crippen LogP contribution < -0.4 is 15.0 Å². The van der Waals surface area contributed by atoms with Crippen LogP contribution in [0, 0.1) is 17.0 Å². The third-order valence-electron chi connectivity index (χ3n) is 5.12. The molecular weight excluding hydrogens is 430 g/mol. The Bertz CT molecular complexity index is 1250. The number of non-ortho nitro benzene ring substituents is 1. The van der Waals surface area contributed by atoms with E-state index in [9.17, 15) is 19.7 Å². The Morgan fingerprint density at radius 3 is 2.79 bits per heavy atom. The minimum Gasteiger partial charge on any atom is -0.482 e. The first-order chi connectivity index (χ1) is 15.7. The molecule has 0 saturated carbocycles. The molecule has 170 valence electrons. The Morgan fingerprint density at radius 1 is 1.30 bits per heavy atom. The van der Waals surface area contributed by atoms with E-state index in [1.54, 1.807) is 12.1 Å². The Morgan fingerprint density at radius 2 is 2.09 bits per heavy atom. The zero-order chi connectivity index (χ0) is 23.7. The van der Waals surface area contributed by atoms with E-state index in [1.165, 1.54) is 23.1 Å². The number of carbonyl (C=O) groups is 2. The number of fused-ring (bicyclic) bond motifs is 1. The minimum absolute atomic E-state index is 0.0711. The van der Waals surface area contributed by atoms with E-state index in [0.29, 0.717) is 17.1 Å². The Kier molecular flexibility index (Phi) is 5.78. The van der Waals surface area contributed by atoms with Gasteiger partial charge in [0.1, 0.15) is 12.3 Å². The predicted molar refractivity (Wildman–Crippen MR) is 118 cm³/mol. The van der Waals surface area contributed by atoms with Gasteiger partial charge in [-0.1, -0.05) is 31.1 Å². The van der Waals surface area contributed by atoms with Crippen molar-refractivity contribution in [2.75, 3.05) is 23.4 Å². The molecule has 2 aromatic carbocycles. The second-order valence-electron chi connectivity index (χ2n) is 7.84. The summed E-state index contributed by atoms with van der Waals surface area (Å²) in [5.74, 6) is 0.184. The lowest BCUT2D eigenvalue weighted by molar-refractivity contribution is -0.384. The molecule has 2 amide bonds. The van der Waals surface area contributed by atoms with Gasteiger partial charge in [0.15, 0.2) is 12.4 Å². The molecule has 0 unspecified atom stereocenters. The fraction of sp³-hybridized carbons (Fsp3) is 0.273. The molecule has 0 spiro atoms. The number of para-hydroxylation sites is 1. The van der Waals surface area contributed by atoms with Gasteiger partial charge in [-0.3, -0.25) is 24.6 Å². The van der Waals surface area contributed by atoms with E-state index >= 15 is 0 Å². The third-order valence-corrected chi connectivity index (χ3v) is 5.12. The Hall–Kier alpha value is -4.28.